The van der Waals surface area contributed by atoms with Gasteiger partial charge in [0.05, 0.1) is 5.92 Å². The highest BCUT2D eigenvalue weighted by Gasteiger charge is 2.28. The van der Waals surface area contributed by atoms with Crippen LogP contribution in [0.1, 0.15) is 38.2 Å². The first-order chi connectivity index (χ1) is 10.5. The summed E-state index contributed by atoms with van der Waals surface area (Å²) in [6, 6.07) is 9.16. The van der Waals surface area contributed by atoms with Gasteiger partial charge in [-0.05, 0) is 38.0 Å². The maximum absolute atomic E-state index is 11.9. The number of hydrogen-bond donors (Lipinski definition) is 2. The number of amides is 2. The lowest BCUT2D eigenvalue weighted by Crippen LogP contribution is -2.54. The van der Waals surface area contributed by atoms with Crippen LogP contribution in [0, 0.1) is 0 Å². The molecule has 2 saturated heterocycles. The Kier molecular flexibility index (Phi) is 4.16. The van der Waals surface area contributed by atoms with Gasteiger partial charge in [0, 0.05) is 37.3 Å². The lowest BCUT2D eigenvalue weighted by atomic mass is 9.90. The van der Waals surface area contributed by atoms with Crippen LogP contribution >= 0.6 is 0 Å². The number of piperazine rings is 1. The first-order valence-electron chi connectivity index (χ1n) is 7.97. The topological polar surface area (TPSA) is 61.4 Å². The Morgan fingerprint density at radius 1 is 1.05 bits per heavy atom. The summed E-state index contributed by atoms with van der Waals surface area (Å²) in [7, 11) is 0. The molecule has 1 aromatic carbocycles. The standard InChI is InChI=1S/C17H23N3O2/c1-11-9-20(10-12(2)18-11)14-5-3-13(4-6-14)15-7-8-16(21)19-17(15)22/h3-6,11-12,15,18H,7-10H2,1-2H3,(H,19,21,22)/t11-,12+,15?. The molecule has 5 heteroatoms. The summed E-state index contributed by atoms with van der Waals surface area (Å²) in [6.07, 6.45) is 1.02. The SMILES string of the molecule is C[C@@H]1CN(c2ccc(C3CCC(=O)NC3=O)cc2)C[C@H](C)N1. The Bertz CT molecular complexity index is 560. The Labute approximate surface area is 131 Å². The van der Waals surface area contributed by atoms with Crippen molar-refractivity contribution in [1.82, 2.24) is 10.6 Å². The van der Waals surface area contributed by atoms with Crippen LogP contribution in [-0.2, 0) is 9.59 Å². The molecule has 3 atom stereocenters. The molecule has 2 fully saturated rings. The van der Waals surface area contributed by atoms with Crippen molar-refractivity contribution in [2.75, 3.05) is 18.0 Å². The van der Waals surface area contributed by atoms with E-state index in [0.717, 1.165) is 18.7 Å². The van der Waals surface area contributed by atoms with Gasteiger partial charge in [-0.15, -0.1) is 0 Å². The number of rotatable bonds is 2. The van der Waals surface area contributed by atoms with Crippen LogP contribution in [-0.4, -0.2) is 37.0 Å². The monoisotopic (exact) mass is 301 g/mol. The number of carbonyl (C=O) groups is 2. The second-order valence-corrected chi connectivity index (χ2v) is 6.47. The Balaban J connectivity index is 1.72. The van der Waals surface area contributed by atoms with Crippen molar-refractivity contribution in [3.05, 3.63) is 29.8 Å². The third-order valence-corrected chi connectivity index (χ3v) is 4.46. The smallest absolute Gasteiger partial charge is 0.234 e. The summed E-state index contributed by atoms with van der Waals surface area (Å²) < 4.78 is 0. The molecule has 118 valence electrons. The molecule has 2 amide bonds. The van der Waals surface area contributed by atoms with E-state index in [-0.39, 0.29) is 17.7 Å². The molecule has 0 spiro atoms. The molecule has 22 heavy (non-hydrogen) atoms. The molecule has 0 radical (unpaired) electrons. The van der Waals surface area contributed by atoms with Crippen LogP contribution in [0.2, 0.25) is 0 Å². The van der Waals surface area contributed by atoms with E-state index in [1.165, 1.54) is 5.69 Å². The van der Waals surface area contributed by atoms with Crippen molar-refractivity contribution in [2.45, 2.75) is 44.7 Å². The summed E-state index contributed by atoms with van der Waals surface area (Å²) in [4.78, 5) is 25.5. The minimum absolute atomic E-state index is 0.165. The summed E-state index contributed by atoms with van der Waals surface area (Å²) in [5.74, 6) is -0.539. The lowest BCUT2D eigenvalue weighted by molar-refractivity contribution is -0.134. The van der Waals surface area contributed by atoms with Gasteiger partial charge in [-0.25, -0.2) is 0 Å². The van der Waals surface area contributed by atoms with E-state index < -0.39 is 0 Å². The van der Waals surface area contributed by atoms with E-state index >= 15 is 0 Å². The highest BCUT2D eigenvalue weighted by Crippen LogP contribution is 2.27. The van der Waals surface area contributed by atoms with Gasteiger partial charge >= 0.3 is 0 Å². The minimum Gasteiger partial charge on any atom is -0.368 e. The number of anilines is 1. The predicted octanol–water partition coefficient (Wildman–Crippen LogP) is 1.39. The summed E-state index contributed by atoms with van der Waals surface area (Å²) in [5.41, 5.74) is 2.18. The second-order valence-electron chi connectivity index (χ2n) is 6.47. The molecule has 1 aromatic rings. The molecule has 0 aromatic heterocycles. The maximum Gasteiger partial charge on any atom is 0.234 e. The fourth-order valence-corrected chi connectivity index (χ4v) is 3.47. The molecule has 2 aliphatic rings. The summed E-state index contributed by atoms with van der Waals surface area (Å²) >= 11 is 0. The number of hydrogen-bond acceptors (Lipinski definition) is 4. The second kappa shape index (κ2) is 6.08. The predicted molar refractivity (Wildman–Crippen MR) is 85.8 cm³/mol. The zero-order valence-electron chi connectivity index (χ0n) is 13.1. The van der Waals surface area contributed by atoms with Gasteiger partial charge in [0.25, 0.3) is 0 Å². The van der Waals surface area contributed by atoms with E-state index in [0.29, 0.717) is 24.9 Å². The van der Waals surface area contributed by atoms with E-state index in [9.17, 15) is 9.59 Å². The Morgan fingerprint density at radius 3 is 2.27 bits per heavy atom. The van der Waals surface area contributed by atoms with Gasteiger partial charge in [-0.3, -0.25) is 14.9 Å². The van der Waals surface area contributed by atoms with Crippen molar-refractivity contribution < 1.29 is 9.59 Å². The molecule has 0 saturated carbocycles. The highest BCUT2D eigenvalue weighted by atomic mass is 16.2. The molecule has 3 rings (SSSR count). The average Bonchev–Trinajstić information content (AvgIpc) is 2.46. The molecule has 2 N–H and O–H groups in total. The molecular formula is C17H23N3O2. The Morgan fingerprint density at radius 2 is 1.68 bits per heavy atom. The normalized spacial score (nSPS) is 29.4. The minimum atomic E-state index is -0.201. The average molecular weight is 301 g/mol. The van der Waals surface area contributed by atoms with Crippen LogP contribution in [0.15, 0.2) is 24.3 Å². The molecule has 1 unspecified atom stereocenters. The number of nitrogens with one attached hydrogen (secondary N) is 2. The first-order valence-corrected chi connectivity index (χ1v) is 7.97. The van der Waals surface area contributed by atoms with Crippen molar-refractivity contribution in [3.8, 4) is 0 Å². The van der Waals surface area contributed by atoms with Gasteiger partial charge in [-0.2, -0.15) is 0 Å². The number of imide groups is 1. The van der Waals surface area contributed by atoms with Crippen LogP contribution in [0.4, 0.5) is 5.69 Å². The third-order valence-electron chi connectivity index (χ3n) is 4.46. The van der Waals surface area contributed by atoms with Crippen molar-refractivity contribution in [2.24, 2.45) is 0 Å². The van der Waals surface area contributed by atoms with Gasteiger partial charge in [0.2, 0.25) is 11.8 Å². The van der Waals surface area contributed by atoms with E-state index in [2.05, 4.69) is 41.5 Å². The first kappa shape index (κ1) is 15.0. The largest absolute Gasteiger partial charge is 0.368 e. The lowest BCUT2D eigenvalue weighted by Gasteiger charge is -2.37. The van der Waals surface area contributed by atoms with Crippen molar-refractivity contribution in [1.29, 1.82) is 0 Å². The van der Waals surface area contributed by atoms with Gasteiger partial charge < -0.3 is 10.2 Å². The molecule has 2 aliphatic heterocycles. The summed E-state index contributed by atoms with van der Waals surface area (Å²) in [6.45, 7) is 6.37. The molecule has 0 bridgehead atoms. The van der Waals surface area contributed by atoms with Crippen molar-refractivity contribution >= 4 is 17.5 Å². The highest BCUT2D eigenvalue weighted by molar-refractivity contribution is 6.00. The van der Waals surface area contributed by atoms with E-state index in [4.69, 9.17) is 0 Å². The number of piperidine rings is 1. The van der Waals surface area contributed by atoms with Gasteiger partial charge in [0.1, 0.15) is 0 Å². The number of benzene rings is 1. The molecule has 5 nitrogen and oxygen atoms in total. The fourth-order valence-electron chi connectivity index (χ4n) is 3.47. The zero-order valence-corrected chi connectivity index (χ0v) is 13.1. The van der Waals surface area contributed by atoms with Crippen molar-refractivity contribution in [3.63, 3.8) is 0 Å². The van der Waals surface area contributed by atoms with Crippen LogP contribution in [0.3, 0.4) is 0 Å². The maximum atomic E-state index is 11.9. The van der Waals surface area contributed by atoms with Crippen LogP contribution < -0.4 is 15.5 Å². The number of carbonyl (C=O) groups excluding carboxylic acids is 2. The van der Waals surface area contributed by atoms with Gasteiger partial charge in [0.15, 0.2) is 0 Å². The van der Waals surface area contributed by atoms with E-state index in [1.54, 1.807) is 0 Å². The molecular weight excluding hydrogens is 278 g/mol. The summed E-state index contributed by atoms with van der Waals surface area (Å²) in [5, 5.41) is 5.95. The quantitative estimate of drug-likeness (QED) is 0.811. The van der Waals surface area contributed by atoms with Crippen LogP contribution in [0.25, 0.3) is 0 Å². The zero-order chi connectivity index (χ0) is 15.7. The van der Waals surface area contributed by atoms with E-state index in [1.807, 2.05) is 12.1 Å². The number of nitrogens with zero attached hydrogens (tertiary/aromatic N) is 1. The van der Waals surface area contributed by atoms with Crippen LogP contribution in [0.5, 0.6) is 0 Å². The molecule has 2 heterocycles. The van der Waals surface area contributed by atoms with Gasteiger partial charge in [-0.1, -0.05) is 12.1 Å². The molecule has 0 aliphatic carbocycles. The fraction of sp³-hybridized carbons (Fsp3) is 0.529. The third kappa shape index (κ3) is 3.14. The Hall–Kier alpha value is -1.88.